The zero-order valence-corrected chi connectivity index (χ0v) is 57.2. The van der Waals surface area contributed by atoms with Gasteiger partial charge in [-0.15, -0.1) is 22.7 Å². The molecule has 0 N–H and O–H groups in total. The predicted octanol–water partition coefficient (Wildman–Crippen LogP) is 23.3. The van der Waals surface area contributed by atoms with Crippen molar-refractivity contribution in [1.82, 2.24) is 9.13 Å². The fraction of sp³-hybridized carbons (Fsp3) is 0.233. The van der Waals surface area contributed by atoms with Crippen molar-refractivity contribution in [1.29, 1.82) is 0 Å². The lowest BCUT2D eigenvalue weighted by atomic mass is 9.33. The number of unbranched alkanes of at least 4 members (excludes halogenated alkanes) is 2. The first kappa shape index (κ1) is 58.0. The van der Waals surface area contributed by atoms with E-state index < -0.39 is 0 Å². The van der Waals surface area contributed by atoms with Crippen molar-refractivity contribution >= 4 is 164 Å². The van der Waals surface area contributed by atoms with Crippen LogP contribution < -0.4 is 26.2 Å². The third-order valence-corrected chi connectivity index (χ3v) is 23.0. The Balaban J connectivity index is 1.03. The quantitative estimate of drug-likeness (QED) is 0.127. The van der Waals surface area contributed by atoms with E-state index in [0.717, 1.165) is 49.9 Å². The first-order valence-corrected chi connectivity index (χ1v) is 35.6. The van der Waals surface area contributed by atoms with Crippen LogP contribution in [0.5, 0.6) is 0 Å². The lowest BCUT2D eigenvalue weighted by molar-refractivity contribution is 0.590. The average Bonchev–Trinajstić information content (AvgIpc) is 1.18. The minimum Gasteiger partial charge on any atom is -0.310 e. The second-order valence-electron chi connectivity index (χ2n) is 29.7. The number of aryl methyl sites for hydroxylation is 2. The number of hydrogen-bond donors (Lipinski definition) is 0. The Kier molecular flexibility index (Phi) is 13.3. The van der Waals surface area contributed by atoms with Gasteiger partial charge < -0.3 is 18.9 Å². The molecule has 2 aliphatic heterocycles. The maximum Gasteiger partial charge on any atom is 0.252 e. The Labute approximate surface area is 555 Å². The molecule has 0 saturated heterocycles. The molecule has 0 atom stereocenters. The fourth-order valence-corrected chi connectivity index (χ4v) is 18.1. The van der Waals surface area contributed by atoms with Crippen LogP contribution in [0.2, 0.25) is 0 Å². The minimum atomic E-state index is -0.232. The highest BCUT2D eigenvalue weighted by Gasteiger charge is 2.46. The summed E-state index contributed by atoms with van der Waals surface area (Å²) in [5, 5.41) is 10.4. The zero-order chi connectivity index (χ0) is 63.6. The van der Waals surface area contributed by atoms with E-state index in [2.05, 4.69) is 301 Å². The summed E-state index contributed by atoms with van der Waals surface area (Å²) in [6.07, 6.45) is 6.33. The third kappa shape index (κ3) is 8.96. The molecule has 17 rings (SSSR count). The molecule has 0 unspecified atom stereocenters. The highest BCUT2D eigenvalue weighted by atomic mass is 32.1. The second-order valence-corrected chi connectivity index (χ2v) is 31.9. The van der Waals surface area contributed by atoms with Gasteiger partial charge in [-0.05, 0) is 183 Å². The monoisotopic (exact) mass is 1240 g/mol. The topological polar surface area (TPSA) is 16.3 Å². The van der Waals surface area contributed by atoms with Gasteiger partial charge in [0.25, 0.3) is 6.71 Å². The molecule has 0 spiro atoms. The Hall–Kier alpha value is -8.88. The number of rotatable bonds is 10. The summed E-state index contributed by atoms with van der Waals surface area (Å²) in [4.78, 5) is 5.61. The van der Waals surface area contributed by atoms with Crippen molar-refractivity contribution in [2.45, 2.75) is 131 Å². The van der Waals surface area contributed by atoms with Crippen LogP contribution in [-0.2, 0) is 29.1 Å². The van der Waals surface area contributed by atoms with Gasteiger partial charge in [-0.2, -0.15) is 0 Å². The second kappa shape index (κ2) is 21.3. The van der Waals surface area contributed by atoms with Gasteiger partial charge in [-0.3, -0.25) is 0 Å². The van der Waals surface area contributed by atoms with Crippen LogP contribution >= 0.6 is 22.7 Å². The number of nitrogens with zero attached hydrogens (tertiary/aromatic N) is 4. The van der Waals surface area contributed by atoms with Crippen LogP contribution in [-0.4, -0.2) is 15.8 Å². The van der Waals surface area contributed by atoms with E-state index in [4.69, 9.17) is 0 Å². The summed E-state index contributed by atoms with van der Waals surface area (Å²) in [5.41, 5.74) is 25.3. The maximum absolute atomic E-state index is 2.81. The summed E-state index contributed by atoms with van der Waals surface area (Å²) in [5.74, 6) is 0. The predicted molar refractivity (Wildman–Crippen MR) is 408 cm³/mol. The number of benzene rings is 11. The van der Waals surface area contributed by atoms with Gasteiger partial charge >= 0.3 is 0 Å². The van der Waals surface area contributed by atoms with E-state index >= 15 is 0 Å². The minimum absolute atomic E-state index is 0.00246. The molecule has 15 aromatic rings. The van der Waals surface area contributed by atoms with E-state index in [-0.39, 0.29) is 23.0 Å². The third-order valence-electron chi connectivity index (χ3n) is 20.7. The fourth-order valence-electron chi connectivity index (χ4n) is 15.9. The Bertz CT molecular complexity index is 5260. The van der Waals surface area contributed by atoms with E-state index in [1.54, 1.807) is 0 Å². The molecule has 11 aromatic carbocycles. The van der Waals surface area contributed by atoms with Crippen molar-refractivity contribution in [3.05, 3.63) is 234 Å². The molecule has 2 aliphatic rings. The van der Waals surface area contributed by atoms with E-state index in [0.29, 0.717) is 0 Å². The maximum atomic E-state index is 2.81. The first-order chi connectivity index (χ1) is 45.0. The van der Waals surface area contributed by atoms with Crippen LogP contribution in [0.4, 0.5) is 34.1 Å². The smallest absolute Gasteiger partial charge is 0.252 e. The van der Waals surface area contributed by atoms with Gasteiger partial charge in [0.2, 0.25) is 0 Å². The van der Waals surface area contributed by atoms with Crippen LogP contribution in [0.25, 0.3) is 95.3 Å². The lowest BCUT2D eigenvalue weighted by Crippen LogP contribution is -2.61. The highest BCUT2D eigenvalue weighted by Crippen LogP contribution is 2.54. The van der Waals surface area contributed by atoms with E-state index in [1.165, 1.54) is 162 Å². The average molecular weight is 1240 g/mol. The largest absolute Gasteiger partial charge is 0.310 e. The van der Waals surface area contributed by atoms with Gasteiger partial charge in [-0.1, -0.05) is 198 Å². The molecule has 0 radical (unpaired) electrons. The zero-order valence-electron chi connectivity index (χ0n) is 55.6. The van der Waals surface area contributed by atoms with Crippen LogP contribution in [0, 0.1) is 0 Å². The van der Waals surface area contributed by atoms with Crippen LogP contribution in [0.1, 0.15) is 130 Å². The van der Waals surface area contributed by atoms with Crippen molar-refractivity contribution in [3.63, 3.8) is 0 Å². The van der Waals surface area contributed by atoms with Crippen molar-refractivity contribution in [2.24, 2.45) is 0 Å². The normalized spacial score (nSPS) is 13.5. The number of hydrogen-bond acceptors (Lipinski definition) is 4. The number of anilines is 6. The van der Waals surface area contributed by atoms with Crippen molar-refractivity contribution < 1.29 is 0 Å². The Morgan fingerprint density at radius 2 is 0.742 bits per heavy atom. The molecule has 7 heteroatoms. The molecule has 458 valence electrons. The van der Waals surface area contributed by atoms with Gasteiger partial charge in [0.15, 0.2) is 0 Å². The molecule has 0 aliphatic carbocycles. The van der Waals surface area contributed by atoms with Gasteiger partial charge in [0, 0.05) is 96.0 Å². The Morgan fingerprint density at radius 1 is 0.344 bits per heavy atom. The molecule has 6 heterocycles. The van der Waals surface area contributed by atoms with Crippen molar-refractivity contribution in [3.8, 4) is 11.4 Å². The summed E-state index contributed by atoms with van der Waals surface area (Å²) in [6.45, 7) is 25.8. The number of aromatic nitrogens is 2. The molecule has 4 nitrogen and oxygen atoms in total. The summed E-state index contributed by atoms with van der Waals surface area (Å²) in [7, 11) is 0. The number of thiophene rings is 2. The molecule has 0 amide bonds. The summed E-state index contributed by atoms with van der Waals surface area (Å²) < 4.78 is 10.4. The molecule has 93 heavy (non-hydrogen) atoms. The standard InChI is InChI=1S/C86H79BN4S2/c1-12-14-24-52-34-44-77-79(61-28-18-22-32-75(61)92-77)82(52)90-71-50-57(88-67-30-20-16-26-59(67)63-46-54(84(3,4)5)36-42-69(63)88)38-40-65(71)87-66-41-39-58(89-68-31-21-17-27-60(68)64-47-55(85(6,7)8)37-43-70(64)89)51-72(66)91(74-49-56(86(9,10)11)48-73(90)81(74)87)83-53(25-15-13-2)35-45-78-80(83)62-29-19-23-33-76(62)93-78/h16-23,26-51H,12-15,24-25H2,1-11H3. The summed E-state index contributed by atoms with van der Waals surface area (Å²) >= 11 is 3.86. The van der Waals surface area contributed by atoms with E-state index in [9.17, 15) is 0 Å². The highest BCUT2D eigenvalue weighted by molar-refractivity contribution is 7.26. The lowest BCUT2D eigenvalue weighted by Gasteiger charge is -2.46. The molecular weight excluding hydrogens is 1160 g/mol. The van der Waals surface area contributed by atoms with Crippen molar-refractivity contribution in [2.75, 3.05) is 9.80 Å². The molecule has 0 fully saturated rings. The van der Waals surface area contributed by atoms with Gasteiger partial charge in [0.1, 0.15) is 0 Å². The first-order valence-electron chi connectivity index (χ1n) is 34.0. The molecule has 0 saturated carbocycles. The Morgan fingerprint density at radius 3 is 1.16 bits per heavy atom. The molecule has 4 aromatic heterocycles. The van der Waals surface area contributed by atoms with Gasteiger partial charge in [-0.25, -0.2) is 0 Å². The SMILES string of the molecule is CCCCc1ccc2sc3ccccc3c2c1N1c2cc(-n3c4ccccc4c4cc(C(C)(C)C)ccc43)ccc2B2c3ccc(-n4c5ccccc5c5cc(C(C)(C)C)ccc54)cc3N(c3c(CCCC)ccc4sc5ccccc5c34)c3cc(C(C)(C)C)cc1c32. The molecule has 0 bridgehead atoms. The number of fused-ring (bicyclic) bond motifs is 16. The molecular formula is C86H79BN4S2. The van der Waals surface area contributed by atoms with Crippen LogP contribution in [0.3, 0.4) is 0 Å². The van der Waals surface area contributed by atoms with Crippen LogP contribution in [0.15, 0.2) is 206 Å². The van der Waals surface area contributed by atoms with E-state index in [1.807, 2.05) is 22.7 Å². The van der Waals surface area contributed by atoms with Gasteiger partial charge in [0.05, 0.1) is 33.4 Å². The summed E-state index contributed by atoms with van der Waals surface area (Å²) in [6, 6.07) is 81.3. The number of para-hydroxylation sites is 2.